The molecule has 0 aliphatic carbocycles. The van der Waals surface area contributed by atoms with Gasteiger partial charge in [0.2, 0.25) is 0 Å². The number of rotatable bonds is 4. The fourth-order valence-electron chi connectivity index (χ4n) is 0.627. The standard InChI is InChI=1S/C6H14ClNOSi/c1-5-6-10(7,9-4)8(2)3/h5H,1,6H2,2-4H3. The van der Waals surface area contributed by atoms with Gasteiger partial charge in [-0.05, 0) is 14.1 Å². The normalized spacial score (nSPS) is 16.9. The highest BCUT2D eigenvalue weighted by Crippen LogP contribution is 2.18. The first kappa shape index (κ1) is 10.2. The summed E-state index contributed by atoms with van der Waals surface area (Å²) in [5.41, 5.74) is 0. The third kappa shape index (κ3) is 2.42. The minimum absolute atomic E-state index is 0.748. The van der Waals surface area contributed by atoms with Crippen molar-refractivity contribution in [2.45, 2.75) is 6.04 Å². The van der Waals surface area contributed by atoms with E-state index in [9.17, 15) is 0 Å². The van der Waals surface area contributed by atoms with Gasteiger partial charge in [0.05, 0.1) is 0 Å². The largest absolute Gasteiger partial charge is 0.395 e. The van der Waals surface area contributed by atoms with Crippen LogP contribution in [0.2, 0.25) is 6.04 Å². The van der Waals surface area contributed by atoms with Crippen molar-refractivity contribution in [2.75, 3.05) is 21.2 Å². The smallest absolute Gasteiger partial charge is 0.376 e. The molecule has 0 saturated carbocycles. The molecule has 0 bridgehead atoms. The van der Waals surface area contributed by atoms with Crippen LogP contribution in [0.1, 0.15) is 0 Å². The molecule has 0 N–H and O–H groups in total. The van der Waals surface area contributed by atoms with Crippen LogP contribution >= 0.6 is 11.1 Å². The molecule has 4 heteroatoms. The van der Waals surface area contributed by atoms with Crippen LogP contribution in [0, 0.1) is 0 Å². The minimum atomic E-state index is -2.11. The van der Waals surface area contributed by atoms with Crippen LogP contribution in [0.25, 0.3) is 0 Å². The van der Waals surface area contributed by atoms with Crippen molar-refractivity contribution >= 4 is 18.9 Å². The number of halogens is 1. The van der Waals surface area contributed by atoms with Gasteiger partial charge in [0.25, 0.3) is 0 Å². The molecule has 10 heavy (non-hydrogen) atoms. The van der Waals surface area contributed by atoms with Crippen molar-refractivity contribution < 1.29 is 4.43 Å². The molecule has 0 amide bonds. The van der Waals surface area contributed by atoms with E-state index in [0.29, 0.717) is 0 Å². The van der Waals surface area contributed by atoms with Crippen LogP contribution in [-0.4, -0.2) is 33.6 Å². The van der Waals surface area contributed by atoms with E-state index in [-0.39, 0.29) is 0 Å². The first-order valence-electron chi connectivity index (χ1n) is 3.09. The average molecular weight is 180 g/mol. The Morgan fingerprint density at radius 2 is 2.20 bits per heavy atom. The molecule has 0 rings (SSSR count). The van der Waals surface area contributed by atoms with Crippen LogP contribution in [-0.2, 0) is 4.43 Å². The highest BCUT2D eigenvalue weighted by molar-refractivity contribution is 7.15. The van der Waals surface area contributed by atoms with Crippen LogP contribution in [0.5, 0.6) is 0 Å². The topological polar surface area (TPSA) is 12.5 Å². The Kier molecular flexibility index (Phi) is 4.20. The molecule has 1 unspecified atom stereocenters. The van der Waals surface area contributed by atoms with Crippen LogP contribution in [0.4, 0.5) is 0 Å². The van der Waals surface area contributed by atoms with E-state index in [1.807, 2.05) is 18.7 Å². The van der Waals surface area contributed by atoms with E-state index in [1.54, 1.807) is 13.2 Å². The summed E-state index contributed by atoms with van der Waals surface area (Å²) in [6.07, 6.45) is 1.79. The Hall–Kier alpha value is 0.167. The van der Waals surface area contributed by atoms with Gasteiger partial charge in [-0.15, -0.1) is 17.7 Å². The van der Waals surface area contributed by atoms with Gasteiger partial charge in [-0.3, -0.25) is 4.57 Å². The molecule has 1 atom stereocenters. The van der Waals surface area contributed by atoms with Crippen LogP contribution in [0.15, 0.2) is 12.7 Å². The highest BCUT2D eigenvalue weighted by Gasteiger charge is 2.33. The monoisotopic (exact) mass is 179 g/mol. The zero-order valence-electron chi connectivity index (χ0n) is 6.72. The summed E-state index contributed by atoms with van der Waals surface area (Å²) >= 11 is 6.13. The van der Waals surface area contributed by atoms with E-state index < -0.39 is 7.79 Å². The lowest BCUT2D eigenvalue weighted by Gasteiger charge is -2.27. The molecule has 0 radical (unpaired) electrons. The summed E-state index contributed by atoms with van der Waals surface area (Å²) in [7, 11) is 3.37. The maximum atomic E-state index is 6.13. The maximum Gasteiger partial charge on any atom is 0.376 e. The number of hydrogen-bond donors (Lipinski definition) is 0. The SMILES string of the molecule is C=CC[Si](Cl)(OC)N(C)C. The summed E-state index contributed by atoms with van der Waals surface area (Å²) in [4.78, 5) is 0. The van der Waals surface area contributed by atoms with Crippen molar-refractivity contribution in [1.29, 1.82) is 0 Å². The summed E-state index contributed by atoms with van der Waals surface area (Å²) in [6, 6.07) is 0.748. The van der Waals surface area contributed by atoms with E-state index in [0.717, 1.165) is 6.04 Å². The lowest BCUT2D eigenvalue weighted by Crippen LogP contribution is -2.45. The Morgan fingerprint density at radius 1 is 1.70 bits per heavy atom. The van der Waals surface area contributed by atoms with Gasteiger partial charge in [0.1, 0.15) is 0 Å². The first-order valence-corrected chi connectivity index (χ1v) is 6.16. The van der Waals surface area contributed by atoms with Gasteiger partial charge in [-0.1, -0.05) is 6.08 Å². The fraction of sp³-hybridized carbons (Fsp3) is 0.667. The minimum Gasteiger partial charge on any atom is -0.395 e. The predicted octanol–water partition coefficient (Wildman–Crippen LogP) is 1.56. The quantitative estimate of drug-likeness (QED) is 0.369. The van der Waals surface area contributed by atoms with Crippen molar-refractivity contribution in [3.63, 3.8) is 0 Å². The summed E-state index contributed by atoms with van der Waals surface area (Å²) in [5, 5.41) is 0. The van der Waals surface area contributed by atoms with Gasteiger partial charge >= 0.3 is 7.79 Å². The molecule has 0 aliphatic rings. The number of nitrogens with zero attached hydrogens (tertiary/aromatic N) is 1. The average Bonchev–Trinajstić information content (AvgIpc) is 1.88. The summed E-state index contributed by atoms with van der Waals surface area (Å²) in [5.74, 6) is 0. The molecule has 0 aliphatic heterocycles. The Balaban J connectivity index is 4.07. The van der Waals surface area contributed by atoms with Crippen molar-refractivity contribution in [1.82, 2.24) is 4.57 Å². The lowest BCUT2D eigenvalue weighted by molar-refractivity contribution is 0.355. The van der Waals surface area contributed by atoms with Crippen LogP contribution < -0.4 is 0 Å². The predicted molar refractivity (Wildman–Crippen MR) is 47.3 cm³/mol. The maximum absolute atomic E-state index is 6.13. The van der Waals surface area contributed by atoms with Gasteiger partial charge in [-0.2, -0.15) is 0 Å². The molecule has 0 aromatic carbocycles. The molecule has 60 valence electrons. The molecule has 0 aromatic rings. The molecule has 0 spiro atoms. The van der Waals surface area contributed by atoms with Crippen molar-refractivity contribution in [3.8, 4) is 0 Å². The van der Waals surface area contributed by atoms with E-state index in [1.165, 1.54) is 0 Å². The van der Waals surface area contributed by atoms with Gasteiger partial charge < -0.3 is 4.43 Å². The number of allylic oxidation sites excluding steroid dienone is 1. The second-order valence-corrected chi connectivity index (χ2v) is 7.14. The zero-order valence-corrected chi connectivity index (χ0v) is 8.48. The summed E-state index contributed by atoms with van der Waals surface area (Å²) in [6.45, 7) is 3.62. The van der Waals surface area contributed by atoms with Gasteiger partial charge in [0.15, 0.2) is 0 Å². The third-order valence-electron chi connectivity index (χ3n) is 1.38. The Bertz CT molecular complexity index is 120. The number of hydrogen-bond acceptors (Lipinski definition) is 2. The zero-order chi connectivity index (χ0) is 8.20. The van der Waals surface area contributed by atoms with E-state index in [4.69, 9.17) is 15.5 Å². The second kappa shape index (κ2) is 4.13. The molecule has 0 fully saturated rings. The molecule has 0 saturated heterocycles. The first-order chi connectivity index (χ1) is 4.56. The Morgan fingerprint density at radius 3 is 2.30 bits per heavy atom. The Labute approximate surface area is 68.3 Å². The summed E-state index contributed by atoms with van der Waals surface area (Å²) < 4.78 is 7.14. The van der Waals surface area contributed by atoms with E-state index >= 15 is 0 Å². The van der Waals surface area contributed by atoms with Gasteiger partial charge in [0, 0.05) is 13.2 Å². The van der Waals surface area contributed by atoms with Crippen molar-refractivity contribution in [2.24, 2.45) is 0 Å². The lowest BCUT2D eigenvalue weighted by atomic mass is 10.8. The molecular weight excluding hydrogens is 166 g/mol. The van der Waals surface area contributed by atoms with Crippen LogP contribution in [0.3, 0.4) is 0 Å². The van der Waals surface area contributed by atoms with Crippen molar-refractivity contribution in [3.05, 3.63) is 12.7 Å². The third-order valence-corrected chi connectivity index (χ3v) is 6.07. The molecule has 0 heterocycles. The second-order valence-electron chi connectivity index (χ2n) is 2.28. The molecular formula is C6H14ClNOSi. The van der Waals surface area contributed by atoms with Gasteiger partial charge in [-0.25, -0.2) is 0 Å². The molecule has 0 aromatic heterocycles. The highest BCUT2D eigenvalue weighted by atomic mass is 35.6. The van der Waals surface area contributed by atoms with E-state index in [2.05, 4.69) is 6.58 Å². The molecule has 2 nitrogen and oxygen atoms in total. The fourth-order valence-corrected chi connectivity index (χ4v) is 2.21.